The first-order valence-electron chi connectivity index (χ1n) is 10.5. The molecule has 33 heavy (non-hydrogen) atoms. The second-order valence-corrected chi connectivity index (χ2v) is 8.86. The number of rotatable bonds is 8. The average molecular weight is 514 g/mol. The van der Waals surface area contributed by atoms with Crippen LogP contribution in [0.2, 0.25) is 0 Å². The van der Waals surface area contributed by atoms with Gasteiger partial charge in [-0.3, -0.25) is 9.59 Å². The van der Waals surface area contributed by atoms with Crippen LogP contribution in [0.1, 0.15) is 36.0 Å². The zero-order valence-corrected chi connectivity index (χ0v) is 20.1. The summed E-state index contributed by atoms with van der Waals surface area (Å²) in [5.41, 5.74) is 1.07. The van der Waals surface area contributed by atoms with Gasteiger partial charge in [-0.25, -0.2) is 0 Å². The van der Waals surface area contributed by atoms with Crippen LogP contribution >= 0.6 is 15.9 Å². The third-order valence-corrected chi connectivity index (χ3v) is 5.96. The lowest BCUT2D eigenvalue weighted by Gasteiger charge is -2.28. The Morgan fingerprint density at radius 1 is 1.21 bits per heavy atom. The standard InChI is InChI=1S/C25H24BrNO6/c1-14(2)32-11-10-27-22(17-6-4-5-7-19(17)31-3)21(24(29)25(27)30)23(28)20-13-15-12-16(26)8-9-18(15)33-20/h4-9,12-14,22,29H,10-11H2,1-3H3. The van der Waals surface area contributed by atoms with Gasteiger partial charge in [0.1, 0.15) is 11.3 Å². The number of carbonyl (C=O) groups is 2. The number of fused-ring (bicyclic) bond motifs is 1. The van der Waals surface area contributed by atoms with Crippen LogP contribution in [0.25, 0.3) is 11.0 Å². The maximum Gasteiger partial charge on any atom is 0.290 e. The van der Waals surface area contributed by atoms with E-state index in [0.717, 1.165) is 9.86 Å². The second kappa shape index (κ2) is 9.41. The molecule has 1 aliphatic rings. The lowest BCUT2D eigenvalue weighted by atomic mass is 9.94. The molecule has 7 nitrogen and oxygen atoms in total. The van der Waals surface area contributed by atoms with Crippen LogP contribution in [0.4, 0.5) is 0 Å². The number of ketones is 1. The Bertz CT molecular complexity index is 1240. The molecule has 172 valence electrons. The van der Waals surface area contributed by atoms with E-state index in [9.17, 15) is 14.7 Å². The molecule has 2 aromatic carbocycles. The molecule has 2 heterocycles. The minimum Gasteiger partial charge on any atom is -0.503 e. The highest BCUT2D eigenvalue weighted by atomic mass is 79.9. The monoisotopic (exact) mass is 513 g/mol. The molecule has 1 N–H and O–H groups in total. The molecule has 8 heteroatoms. The van der Waals surface area contributed by atoms with Crippen LogP contribution in [0.5, 0.6) is 5.75 Å². The molecular formula is C25H24BrNO6. The Balaban J connectivity index is 1.78. The summed E-state index contributed by atoms with van der Waals surface area (Å²) in [5, 5.41) is 11.5. The zero-order chi connectivity index (χ0) is 23.7. The number of hydrogen-bond donors (Lipinski definition) is 1. The van der Waals surface area contributed by atoms with Crippen molar-refractivity contribution in [3.05, 3.63) is 75.7 Å². The summed E-state index contributed by atoms with van der Waals surface area (Å²) in [4.78, 5) is 28.1. The molecule has 0 saturated heterocycles. The topological polar surface area (TPSA) is 89.2 Å². The third-order valence-electron chi connectivity index (χ3n) is 5.47. The second-order valence-electron chi connectivity index (χ2n) is 7.95. The predicted octanol–water partition coefficient (Wildman–Crippen LogP) is 5.21. The number of para-hydroxylation sites is 1. The molecule has 1 unspecified atom stereocenters. The maximum absolute atomic E-state index is 13.6. The highest BCUT2D eigenvalue weighted by Crippen LogP contribution is 2.42. The lowest BCUT2D eigenvalue weighted by Crippen LogP contribution is -2.34. The smallest absolute Gasteiger partial charge is 0.290 e. The van der Waals surface area contributed by atoms with Crippen molar-refractivity contribution in [2.75, 3.05) is 20.3 Å². The number of benzene rings is 2. The van der Waals surface area contributed by atoms with Gasteiger partial charge in [-0.1, -0.05) is 34.1 Å². The molecule has 0 radical (unpaired) electrons. The van der Waals surface area contributed by atoms with E-state index < -0.39 is 23.5 Å². The first kappa shape index (κ1) is 23.1. The van der Waals surface area contributed by atoms with E-state index in [-0.39, 0.29) is 30.6 Å². The van der Waals surface area contributed by atoms with Gasteiger partial charge in [0.25, 0.3) is 5.91 Å². The van der Waals surface area contributed by atoms with Crippen LogP contribution in [-0.2, 0) is 9.53 Å². The van der Waals surface area contributed by atoms with Crippen LogP contribution in [0.15, 0.2) is 68.8 Å². The van der Waals surface area contributed by atoms with Crippen molar-refractivity contribution in [3.63, 3.8) is 0 Å². The third kappa shape index (κ3) is 4.41. The van der Waals surface area contributed by atoms with Crippen molar-refractivity contribution in [2.45, 2.75) is 26.0 Å². The normalized spacial score (nSPS) is 16.3. The van der Waals surface area contributed by atoms with Crippen molar-refractivity contribution < 1.29 is 28.6 Å². The van der Waals surface area contributed by atoms with Crippen molar-refractivity contribution in [1.82, 2.24) is 4.90 Å². The number of methoxy groups -OCH3 is 1. The number of carbonyl (C=O) groups excluding carboxylic acids is 2. The molecule has 1 aliphatic heterocycles. The summed E-state index contributed by atoms with van der Waals surface area (Å²) in [7, 11) is 1.52. The van der Waals surface area contributed by atoms with E-state index in [1.54, 1.807) is 36.4 Å². The molecule has 3 aromatic rings. The van der Waals surface area contributed by atoms with Gasteiger partial charge < -0.3 is 23.9 Å². The van der Waals surface area contributed by atoms with Crippen molar-refractivity contribution >= 4 is 38.6 Å². The summed E-state index contributed by atoms with van der Waals surface area (Å²) in [6.45, 7) is 4.23. The van der Waals surface area contributed by atoms with Gasteiger partial charge in [0.2, 0.25) is 5.78 Å². The van der Waals surface area contributed by atoms with Gasteiger partial charge in [-0.2, -0.15) is 0 Å². The molecular weight excluding hydrogens is 490 g/mol. The highest BCUT2D eigenvalue weighted by Gasteiger charge is 2.45. The van der Waals surface area contributed by atoms with Gasteiger partial charge >= 0.3 is 0 Å². The fourth-order valence-corrected chi connectivity index (χ4v) is 4.36. The van der Waals surface area contributed by atoms with Crippen LogP contribution in [0.3, 0.4) is 0 Å². The van der Waals surface area contributed by atoms with E-state index >= 15 is 0 Å². The Hall–Kier alpha value is -3.10. The number of aliphatic hydroxyl groups is 1. The van der Waals surface area contributed by atoms with Gasteiger partial charge in [0.15, 0.2) is 11.5 Å². The minimum absolute atomic E-state index is 0.0232. The number of Topliss-reactive ketones (excluding diaryl/α,β-unsaturated/α-hetero) is 1. The van der Waals surface area contributed by atoms with E-state index in [0.29, 0.717) is 16.9 Å². The summed E-state index contributed by atoms with van der Waals surface area (Å²) >= 11 is 3.41. The average Bonchev–Trinajstić information content (AvgIpc) is 3.32. The largest absolute Gasteiger partial charge is 0.503 e. The van der Waals surface area contributed by atoms with Gasteiger partial charge in [0, 0.05) is 22.0 Å². The first-order chi connectivity index (χ1) is 15.8. The zero-order valence-electron chi connectivity index (χ0n) is 18.5. The summed E-state index contributed by atoms with van der Waals surface area (Å²) in [6.07, 6.45) is -0.0232. The molecule has 0 saturated carbocycles. The van der Waals surface area contributed by atoms with Crippen LogP contribution in [-0.4, -0.2) is 48.1 Å². The predicted molar refractivity (Wildman–Crippen MR) is 126 cm³/mol. The van der Waals surface area contributed by atoms with Gasteiger partial charge in [0.05, 0.1) is 31.4 Å². The number of hydrogen-bond acceptors (Lipinski definition) is 6. The van der Waals surface area contributed by atoms with E-state index in [1.165, 1.54) is 12.0 Å². The molecule has 4 rings (SSSR count). The van der Waals surface area contributed by atoms with Crippen molar-refractivity contribution in [1.29, 1.82) is 0 Å². The number of aliphatic hydroxyl groups excluding tert-OH is 1. The molecule has 0 bridgehead atoms. The molecule has 1 aromatic heterocycles. The number of nitrogens with zero attached hydrogens (tertiary/aromatic N) is 1. The number of ether oxygens (including phenoxy) is 2. The SMILES string of the molecule is COc1ccccc1C1C(C(=O)c2cc3cc(Br)ccc3o2)=C(O)C(=O)N1CCOC(C)C. The number of halogens is 1. The molecule has 1 atom stereocenters. The van der Waals surface area contributed by atoms with Crippen LogP contribution in [0, 0.1) is 0 Å². The van der Waals surface area contributed by atoms with Gasteiger partial charge in [-0.15, -0.1) is 0 Å². The van der Waals surface area contributed by atoms with Crippen molar-refractivity contribution in [2.24, 2.45) is 0 Å². The molecule has 0 aliphatic carbocycles. The Morgan fingerprint density at radius 2 is 1.97 bits per heavy atom. The highest BCUT2D eigenvalue weighted by molar-refractivity contribution is 9.10. The van der Waals surface area contributed by atoms with E-state index in [1.807, 2.05) is 26.0 Å². The minimum atomic E-state index is -0.850. The summed E-state index contributed by atoms with van der Waals surface area (Å²) in [6, 6.07) is 13.3. The maximum atomic E-state index is 13.6. The lowest BCUT2D eigenvalue weighted by molar-refractivity contribution is -0.130. The van der Waals surface area contributed by atoms with Gasteiger partial charge in [-0.05, 0) is 44.2 Å². The van der Waals surface area contributed by atoms with E-state index in [2.05, 4.69) is 15.9 Å². The molecule has 0 spiro atoms. The molecule has 0 fully saturated rings. The summed E-state index contributed by atoms with van der Waals surface area (Å²) < 4.78 is 17.7. The van der Waals surface area contributed by atoms with Crippen LogP contribution < -0.4 is 4.74 Å². The van der Waals surface area contributed by atoms with E-state index in [4.69, 9.17) is 13.9 Å². The number of furan rings is 1. The molecule has 1 amide bonds. The Kier molecular flexibility index (Phi) is 6.58. The number of amides is 1. The Labute approximate surface area is 199 Å². The summed E-state index contributed by atoms with van der Waals surface area (Å²) in [5.74, 6) is -1.25. The first-order valence-corrected chi connectivity index (χ1v) is 11.3. The Morgan fingerprint density at radius 3 is 2.70 bits per heavy atom. The fraction of sp³-hybridized carbons (Fsp3) is 0.280. The fourth-order valence-electron chi connectivity index (χ4n) is 3.98. The van der Waals surface area contributed by atoms with Crippen molar-refractivity contribution in [3.8, 4) is 5.75 Å². The quantitative estimate of drug-likeness (QED) is 0.416.